The SMILES string of the molecule is CC(C)CN1C(=O)c2oc3ccc(Br)cc3c(=O)c2C12C(=O)N(C)c1ccccc12. The molecule has 0 radical (unpaired) electrons. The highest BCUT2D eigenvalue weighted by Gasteiger charge is 2.64. The fourth-order valence-corrected chi connectivity index (χ4v) is 5.04. The molecular formula is C23H19BrN2O4. The first-order valence-electron chi connectivity index (χ1n) is 9.75. The van der Waals surface area contributed by atoms with Crippen LogP contribution in [0.1, 0.15) is 35.5 Å². The second-order valence-corrected chi connectivity index (χ2v) is 9.09. The second kappa shape index (κ2) is 6.28. The molecule has 5 rings (SSSR count). The van der Waals surface area contributed by atoms with Crippen molar-refractivity contribution in [2.24, 2.45) is 5.92 Å². The standard InChI is InChI=1S/C23H19BrN2O4/c1-12(2)11-26-21(28)20-18(19(27)14-10-13(24)8-9-17(14)30-20)23(26)15-6-4-5-7-16(15)25(3)22(23)29/h4-10,12H,11H2,1-3H3. The summed E-state index contributed by atoms with van der Waals surface area (Å²) in [4.78, 5) is 44.1. The molecule has 7 heteroatoms. The van der Waals surface area contributed by atoms with E-state index in [4.69, 9.17) is 4.42 Å². The van der Waals surface area contributed by atoms with Crippen LogP contribution in [0.2, 0.25) is 0 Å². The number of carbonyl (C=O) groups is 2. The molecule has 30 heavy (non-hydrogen) atoms. The lowest BCUT2D eigenvalue weighted by atomic mass is 9.83. The van der Waals surface area contributed by atoms with E-state index in [1.54, 1.807) is 25.2 Å². The van der Waals surface area contributed by atoms with Crippen LogP contribution in [-0.4, -0.2) is 30.3 Å². The summed E-state index contributed by atoms with van der Waals surface area (Å²) in [5.74, 6) is -0.712. The summed E-state index contributed by atoms with van der Waals surface area (Å²) in [6.07, 6.45) is 0. The second-order valence-electron chi connectivity index (χ2n) is 8.18. The van der Waals surface area contributed by atoms with Gasteiger partial charge in [-0.15, -0.1) is 0 Å². The Morgan fingerprint density at radius 1 is 1.10 bits per heavy atom. The highest BCUT2D eigenvalue weighted by atomic mass is 79.9. The monoisotopic (exact) mass is 466 g/mol. The van der Waals surface area contributed by atoms with Crippen molar-refractivity contribution in [3.05, 3.63) is 74.0 Å². The maximum absolute atomic E-state index is 13.8. The number of rotatable bonds is 2. The average molecular weight is 467 g/mol. The number of hydrogen-bond acceptors (Lipinski definition) is 4. The van der Waals surface area contributed by atoms with Crippen molar-refractivity contribution in [2.75, 3.05) is 18.5 Å². The van der Waals surface area contributed by atoms with Crippen molar-refractivity contribution < 1.29 is 14.0 Å². The molecule has 0 saturated heterocycles. The van der Waals surface area contributed by atoms with Crippen LogP contribution in [0.15, 0.2) is 56.1 Å². The van der Waals surface area contributed by atoms with Gasteiger partial charge in [0.15, 0.2) is 11.0 Å². The lowest BCUT2D eigenvalue weighted by Gasteiger charge is -2.35. The van der Waals surface area contributed by atoms with Crippen LogP contribution in [0.5, 0.6) is 0 Å². The van der Waals surface area contributed by atoms with E-state index in [1.807, 2.05) is 38.1 Å². The fraction of sp³-hybridized carbons (Fsp3) is 0.261. The molecule has 1 spiro atoms. The predicted octanol–water partition coefficient (Wildman–Crippen LogP) is 3.89. The van der Waals surface area contributed by atoms with E-state index >= 15 is 0 Å². The number of amides is 2. The molecule has 2 aliphatic rings. The summed E-state index contributed by atoms with van der Waals surface area (Å²) in [7, 11) is 1.67. The quantitative estimate of drug-likeness (QED) is 0.574. The molecule has 1 aromatic heterocycles. The van der Waals surface area contributed by atoms with Crippen LogP contribution in [-0.2, 0) is 10.3 Å². The molecule has 1 atom stereocenters. The van der Waals surface area contributed by atoms with Gasteiger partial charge in [-0.05, 0) is 30.2 Å². The zero-order valence-electron chi connectivity index (χ0n) is 16.7. The Labute approximate surface area is 181 Å². The lowest BCUT2D eigenvalue weighted by molar-refractivity contribution is -0.126. The molecule has 0 fully saturated rings. The van der Waals surface area contributed by atoms with E-state index in [1.165, 1.54) is 9.80 Å². The van der Waals surface area contributed by atoms with E-state index in [9.17, 15) is 14.4 Å². The number of para-hydroxylation sites is 1. The number of fused-ring (bicyclic) bond motifs is 5. The van der Waals surface area contributed by atoms with Gasteiger partial charge in [0, 0.05) is 29.3 Å². The topological polar surface area (TPSA) is 70.8 Å². The van der Waals surface area contributed by atoms with Crippen LogP contribution in [0.25, 0.3) is 11.0 Å². The smallest absolute Gasteiger partial charge is 0.291 e. The number of halogens is 1. The zero-order chi connectivity index (χ0) is 21.4. The van der Waals surface area contributed by atoms with Crippen LogP contribution < -0.4 is 10.3 Å². The largest absolute Gasteiger partial charge is 0.450 e. The zero-order valence-corrected chi connectivity index (χ0v) is 18.3. The Kier molecular flexibility index (Phi) is 3.99. The third kappa shape index (κ3) is 2.21. The van der Waals surface area contributed by atoms with Gasteiger partial charge < -0.3 is 14.2 Å². The molecule has 0 N–H and O–H groups in total. The van der Waals surface area contributed by atoms with Crippen molar-refractivity contribution in [1.29, 1.82) is 0 Å². The molecule has 3 heterocycles. The number of benzene rings is 2. The molecule has 3 aromatic rings. The van der Waals surface area contributed by atoms with Gasteiger partial charge >= 0.3 is 0 Å². The molecule has 2 aliphatic heterocycles. The summed E-state index contributed by atoms with van der Waals surface area (Å²) in [6, 6.07) is 12.4. The number of likely N-dealkylation sites (N-methyl/N-ethyl adjacent to an activating group) is 1. The molecule has 0 bridgehead atoms. The van der Waals surface area contributed by atoms with E-state index in [0.717, 1.165) is 4.47 Å². The maximum Gasteiger partial charge on any atom is 0.291 e. The first kappa shape index (κ1) is 19.1. The van der Waals surface area contributed by atoms with Gasteiger partial charge in [0.2, 0.25) is 5.76 Å². The number of anilines is 1. The minimum atomic E-state index is -1.51. The number of carbonyl (C=O) groups excluding carboxylic acids is 2. The summed E-state index contributed by atoms with van der Waals surface area (Å²) in [6.45, 7) is 4.26. The van der Waals surface area contributed by atoms with Crippen molar-refractivity contribution in [3.63, 3.8) is 0 Å². The van der Waals surface area contributed by atoms with Crippen molar-refractivity contribution in [3.8, 4) is 0 Å². The highest BCUT2D eigenvalue weighted by molar-refractivity contribution is 9.10. The minimum absolute atomic E-state index is 0.0473. The van der Waals surface area contributed by atoms with Crippen LogP contribution in [0, 0.1) is 5.92 Å². The summed E-state index contributed by atoms with van der Waals surface area (Å²) in [5.41, 5.74) is -0.119. The third-order valence-corrected chi connectivity index (χ3v) is 6.37. The maximum atomic E-state index is 13.8. The molecule has 0 aliphatic carbocycles. The molecule has 2 amide bonds. The molecule has 1 unspecified atom stereocenters. The summed E-state index contributed by atoms with van der Waals surface area (Å²) >= 11 is 3.39. The summed E-state index contributed by atoms with van der Waals surface area (Å²) < 4.78 is 6.68. The Morgan fingerprint density at radius 2 is 1.83 bits per heavy atom. The molecular weight excluding hydrogens is 448 g/mol. The van der Waals surface area contributed by atoms with E-state index in [0.29, 0.717) is 28.8 Å². The first-order chi connectivity index (χ1) is 14.3. The Balaban J connectivity index is 1.95. The van der Waals surface area contributed by atoms with Gasteiger partial charge in [-0.2, -0.15) is 0 Å². The Hall–Kier alpha value is -2.93. The number of hydrogen-bond donors (Lipinski definition) is 0. The van der Waals surface area contributed by atoms with E-state index in [2.05, 4.69) is 15.9 Å². The molecule has 2 aromatic carbocycles. The Morgan fingerprint density at radius 3 is 2.57 bits per heavy atom. The Bertz CT molecular complexity index is 1310. The van der Waals surface area contributed by atoms with E-state index in [-0.39, 0.29) is 28.6 Å². The van der Waals surface area contributed by atoms with Crippen LogP contribution in [0.4, 0.5) is 5.69 Å². The van der Waals surface area contributed by atoms with Crippen molar-refractivity contribution in [1.82, 2.24) is 4.90 Å². The lowest BCUT2D eigenvalue weighted by Crippen LogP contribution is -2.53. The molecule has 152 valence electrons. The third-order valence-electron chi connectivity index (χ3n) is 5.88. The number of nitrogens with zero attached hydrogens (tertiary/aromatic N) is 2. The van der Waals surface area contributed by atoms with E-state index < -0.39 is 11.4 Å². The van der Waals surface area contributed by atoms with Crippen molar-refractivity contribution in [2.45, 2.75) is 19.4 Å². The molecule has 0 saturated carbocycles. The molecule has 6 nitrogen and oxygen atoms in total. The van der Waals surface area contributed by atoms with Gasteiger partial charge in [0.1, 0.15) is 5.58 Å². The van der Waals surface area contributed by atoms with Gasteiger partial charge in [0.25, 0.3) is 11.8 Å². The van der Waals surface area contributed by atoms with Gasteiger partial charge in [-0.25, -0.2) is 0 Å². The van der Waals surface area contributed by atoms with Crippen LogP contribution >= 0.6 is 15.9 Å². The first-order valence-corrected chi connectivity index (χ1v) is 10.5. The van der Waals surface area contributed by atoms with Crippen LogP contribution in [0.3, 0.4) is 0 Å². The van der Waals surface area contributed by atoms with Gasteiger partial charge in [-0.1, -0.05) is 48.0 Å². The average Bonchev–Trinajstić information content (AvgIpc) is 3.09. The minimum Gasteiger partial charge on any atom is -0.450 e. The van der Waals surface area contributed by atoms with Crippen molar-refractivity contribution >= 4 is 44.4 Å². The normalized spacial score (nSPS) is 20.0. The highest BCUT2D eigenvalue weighted by Crippen LogP contribution is 2.52. The van der Waals surface area contributed by atoms with Gasteiger partial charge in [-0.3, -0.25) is 14.4 Å². The van der Waals surface area contributed by atoms with Gasteiger partial charge in [0.05, 0.1) is 10.9 Å². The summed E-state index contributed by atoms with van der Waals surface area (Å²) in [5, 5.41) is 0.335. The fourth-order valence-electron chi connectivity index (χ4n) is 4.68. The predicted molar refractivity (Wildman–Crippen MR) is 117 cm³/mol.